The van der Waals surface area contributed by atoms with Crippen molar-refractivity contribution in [1.82, 2.24) is 4.90 Å². The molecule has 2 aromatic rings. The Morgan fingerprint density at radius 3 is 2.22 bits per heavy atom. The third kappa shape index (κ3) is 6.59. The monoisotopic (exact) mass is 500 g/mol. The summed E-state index contributed by atoms with van der Waals surface area (Å²) in [6.45, 7) is 5.10. The topological polar surface area (TPSA) is 104 Å². The Bertz CT molecular complexity index is 1090. The summed E-state index contributed by atoms with van der Waals surface area (Å²) in [5, 5.41) is 0. The van der Waals surface area contributed by atoms with Crippen LogP contribution in [0.25, 0.3) is 0 Å². The van der Waals surface area contributed by atoms with Gasteiger partial charge >= 0.3 is 12.1 Å². The number of methoxy groups -OCH3 is 3. The molecule has 0 spiro atoms. The van der Waals surface area contributed by atoms with Gasteiger partial charge in [0.15, 0.2) is 6.04 Å². The van der Waals surface area contributed by atoms with E-state index in [1.165, 1.54) is 16.9 Å². The number of hydrogen-bond donors (Lipinski definition) is 0. The van der Waals surface area contributed by atoms with E-state index >= 15 is 0 Å². The zero-order valence-electron chi connectivity index (χ0n) is 21.4. The summed E-state index contributed by atoms with van der Waals surface area (Å²) in [7, 11) is 4.37. The highest BCUT2D eigenvalue weighted by molar-refractivity contribution is 6.03. The van der Waals surface area contributed by atoms with Gasteiger partial charge < -0.3 is 23.7 Å². The molecule has 10 heteroatoms. The largest absolute Gasteiger partial charge is 0.497 e. The van der Waals surface area contributed by atoms with Gasteiger partial charge in [-0.05, 0) is 50.6 Å². The van der Waals surface area contributed by atoms with Gasteiger partial charge in [-0.1, -0.05) is 6.07 Å². The second-order valence-corrected chi connectivity index (χ2v) is 9.17. The number of benzene rings is 2. The lowest BCUT2D eigenvalue weighted by atomic mass is 10.1. The Morgan fingerprint density at radius 1 is 0.972 bits per heavy atom. The van der Waals surface area contributed by atoms with Crippen molar-refractivity contribution in [1.29, 1.82) is 0 Å². The van der Waals surface area contributed by atoms with E-state index in [1.54, 1.807) is 65.3 Å². The van der Waals surface area contributed by atoms with Crippen LogP contribution in [0.4, 0.5) is 10.5 Å². The van der Waals surface area contributed by atoms with Gasteiger partial charge in [-0.15, -0.1) is 0 Å². The van der Waals surface area contributed by atoms with Crippen molar-refractivity contribution in [3.05, 3.63) is 48.0 Å². The third-order valence-corrected chi connectivity index (χ3v) is 5.34. The van der Waals surface area contributed by atoms with Crippen molar-refractivity contribution in [2.45, 2.75) is 39.0 Å². The predicted octanol–water partition coefficient (Wildman–Crippen LogP) is 3.41. The quantitative estimate of drug-likeness (QED) is 0.533. The van der Waals surface area contributed by atoms with Crippen molar-refractivity contribution in [2.24, 2.45) is 0 Å². The van der Waals surface area contributed by atoms with Crippen LogP contribution < -0.4 is 19.1 Å². The maximum absolute atomic E-state index is 13.1. The number of anilines is 1. The Kier molecular flexibility index (Phi) is 8.29. The Morgan fingerprint density at radius 2 is 1.64 bits per heavy atom. The highest BCUT2D eigenvalue weighted by Gasteiger charge is 2.41. The Balaban J connectivity index is 1.81. The lowest BCUT2D eigenvalue weighted by molar-refractivity contribution is -0.145. The molecular weight excluding hydrogens is 468 g/mol. The van der Waals surface area contributed by atoms with Crippen LogP contribution in [0, 0.1) is 0 Å². The Labute approximate surface area is 210 Å². The maximum atomic E-state index is 13.1. The molecule has 1 aliphatic rings. The number of amides is 2. The van der Waals surface area contributed by atoms with Crippen LogP contribution in [0.15, 0.2) is 42.5 Å². The molecule has 0 N–H and O–H groups in total. The molecule has 0 aromatic heterocycles. The van der Waals surface area contributed by atoms with Crippen molar-refractivity contribution in [2.75, 3.05) is 39.3 Å². The van der Waals surface area contributed by atoms with Gasteiger partial charge in [0, 0.05) is 17.8 Å². The van der Waals surface area contributed by atoms with E-state index in [1.807, 2.05) is 12.1 Å². The second-order valence-electron chi connectivity index (χ2n) is 9.17. The molecule has 2 amide bonds. The predicted molar refractivity (Wildman–Crippen MR) is 131 cm³/mol. The molecule has 10 nitrogen and oxygen atoms in total. The zero-order chi connectivity index (χ0) is 26.5. The fourth-order valence-corrected chi connectivity index (χ4v) is 3.71. The minimum atomic E-state index is -1.04. The lowest BCUT2D eigenvalue weighted by Crippen LogP contribution is -2.61. The number of carbonyl (C=O) groups is 3. The number of hydrogen-bond acceptors (Lipinski definition) is 8. The molecule has 0 bridgehead atoms. The van der Waals surface area contributed by atoms with E-state index in [2.05, 4.69) is 0 Å². The van der Waals surface area contributed by atoms with Gasteiger partial charge in [0.1, 0.15) is 36.0 Å². The molecule has 0 radical (unpaired) electrons. The first-order valence-electron chi connectivity index (χ1n) is 11.4. The molecule has 1 heterocycles. The van der Waals surface area contributed by atoms with E-state index in [0.29, 0.717) is 22.9 Å². The summed E-state index contributed by atoms with van der Waals surface area (Å²) < 4.78 is 26.8. The molecular formula is C26H32N2O8. The zero-order valence-corrected chi connectivity index (χ0v) is 21.4. The third-order valence-electron chi connectivity index (χ3n) is 5.34. The highest BCUT2D eigenvalue weighted by Crippen LogP contribution is 2.28. The fourth-order valence-electron chi connectivity index (χ4n) is 3.71. The van der Waals surface area contributed by atoms with Gasteiger partial charge in [0.25, 0.3) is 0 Å². The average molecular weight is 501 g/mol. The number of carbonyl (C=O) groups excluding carboxylic acids is 3. The first-order valence-corrected chi connectivity index (χ1v) is 11.4. The van der Waals surface area contributed by atoms with Crippen LogP contribution in [0.3, 0.4) is 0 Å². The first-order chi connectivity index (χ1) is 17.0. The van der Waals surface area contributed by atoms with Crippen molar-refractivity contribution in [3.63, 3.8) is 0 Å². The lowest BCUT2D eigenvalue weighted by Gasteiger charge is -2.39. The highest BCUT2D eigenvalue weighted by atomic mass is 16.6. The number of nitrogens with zero attached hydrogens (tertiary/aromatic N) is 2. The SMILES string of the molecule is COC(=O)C1CN(C(=O)OC(C)(C)C)CC(=O)N1c1cccc(OCc2cc(OC)cc(OC)c2)c1. The van der Waals surface area contributed by atoms with Gasteiger partial charge in [-0.3, -0.25) is 14.6 Å². The van der Waals surface area contributed by atoms with Crippen molar-refractivity contribution >= 4 is 23.7 Å². The molecule has 1 unspecified atom stereocenters. The van der Waals surface area contributed by atoms with E-state index in [4.69, 9.17) is 23.7 Å². The first kappa shape index (κ1) is 26.7. The van der Waals surface area contributed by atoms with E-state index in [9.17, 15) is 14.4 Å². The second kappa shape index (κ2) is 11.2. The fraction of sp³-hybridized carbons (Fsp3) is 0.423. The molecule has 194 valence electrons. The van der Waals surface area contributed by atoms with Gasteiger partial charge in [0.05, 0.1) is 27.9 Å². The molecule has 1 aliphatic heterocycles. The molecule has 1 saturated heterocycles. The van der Waals surface area contributed by atoms with E-state index in [0.717, 1.165) is 5.56 Å². The molecule has 3 rings (SSSR count). The normalized spacial score (nSPS) is 15.8. The summed E-state index contributed by atoms with van der Waals surface area (Å²) in [4.78, 5) is 40.9. The van der Waals surface area contributed by atoms with Gasteiger partial charge in [-0.2, -0.15) is 0 Å². The number of ether oxygens (including phenoxy) is 5. The molecule has 36 heavy (non-hydrogen) atoms. The van der Waals surface area contributed by atoms with Crippen LogP contribution in [-0.4, -0.2) is 68.9 Å². The van der Waals surface area contributed by atoms with Gasteiger partial charge in [0.2, 0.25) is 5.91 Å². The summed E-state index contributed by atoms with van der Waals surface area (Å²) in [6.07, 6.45) is -0.671. The molecule has 0 saturated carbocycles. The Hall–Kier alpha value is -3.95. The van der Waals surface area contributed by atoms with Crippen LogP contribution >= 0.6 is 0 Å². The van der Waals surface area contributed by atoms with Crippen LogP contribution in [0.5, 0.6) is 17.2 Å². The summed E-state index contributed by atoms with van der Waals surface area (Å²) in [6, 6.07) is 11.2. The summed E-state index contributed by atoms with van der Waals surface area (Å²) >= 11 is 0. The molecule has 1 fully saturated rings. The van der Waals surface area contributed by atoms with Crippen LogP contribution in [0.1, 0.15) is 26.3 Å². The average Bonchev–Trinajstić information content (AvgIpc) is 2.85. The number of rotatable bonds is 7. The van der Waals surface area contributed by atoms with E-state index in [-0.39, 0.29) is 19.7 Å². The van der Waals surface area contributed by atoms with Crippen molar-refractivity contribution < 1.29 is 38.1 Å². The molecule has 0 aliphatic carbocycles. The minimum Gasteiger partial charge on any atom is -0.497 e. The smallest absolute Gasteiger partial charge is 0.410 e. The summed E-state index contributed by atoms with van der Waals surface area (Å²) in [5.41, 5.74) is 0.530. The van der Waals surface area contributed by atoms with E-state index < -0.39 is 29.6 Å². The maximum Gasteiger partial charge on any atom is 0.410 e. The minimum absolute atomic E-state index is 0.0674. The number of piperazine rings is 1. The molecule has 1 atom stereocenters. The number of esters is 1. The van der Waals surface area contributed by atoms with Gasteiger partial charge in [-0.25, -0.2) is 9.59 Å². The molecule has 2 aromatic carbocycles. The van der Waals surface area contributed by atoms with Crippen LogP contribution in [0.2, 0.25) is 0 Å². The van der Waals surface area contributed by atoms with Crippen molar-refractivity contribution in [3.8, 4) is 17.2 Å². The standard InChI is InChI=1S/C26H32N2O8/c1-26(2,3)36-25(31)27-14-22(24(30)34-6)28(23(29)15-27)18-8-7-9-19(12-18)35-16-17-10-20(32-4)13-21(11-17)33-5/h7-13,22H,14-16H2,1-6H3. The van der Waals surface area contributed by atoms with Crippen LogP contribution in [-0.2, 0) is 25.7 Å². The summed E-state index contributed by atoms with van der Waals surface area (Å²) in [5.74, 6) is 0.663.